The lowest BCUT2D eigenvalue weighted by molar-refractivity contribution is -0.132. The van der Waals surface area contributed by atoms with E-state index in [4.69, 9.17) is 4.98 Å². The summed E-state index contributed by atoms with van der Waals surface area (Å²) in [7, 11) is 0. The Labute approximate surface area is 327 Å². The van der Waals surface area contributed by atoms with Crippen molar-refractivity contribution in [1.82, 2.24) is 4.98 Å². The van der Waals surface area contributed by atoms with Gasteiger partial charge in [-0.3, -0.25) is 4.98 Å². The van der Waals surface area contributed by atoms with Gasteiger partial charge in [0.15, 0.2) is 0 Å². The van der Waals surface area contributed by atoms with Crippen LogP contribution in [0, 0.1) is 11.3 Å². The maximum atomic E-state index is 11.4. The molecule has 0 radical (unpaired) electrons. The Balaban J connectivity index is 1.37. The van der Waals surface area contributed by atoms with Gasteiger partial charge in [-0.15, -0.1) is 22.7 Å². The van der Waals surface area contributed by atoms with Crippen LogP contribution >= 0.6 is 22.7 Å². The van der Waals surface area contributed by atoms with Crippen molar-refractivity contribution in [3.63, 3.8) is 0 Å². The summed E-state index contributed by atoms with van der Waals surface area (Å²) in [6.07, 6.45) is 14.7. The minimum atomic E-state index is -1.24. The number of aromatic nitrogens is 1. The van der Waals surface area contributed by atoms with Crippen molar-refractivity contribution in [2.75, 3.05) is 4.90 Å². The van der Waals surface area contributed by atoms with E-state index in [2.05, 4.69) is 116 Å². The summed E-state index contributed by atoms with van der Waals surface area (Å²) in [6.45, 7) is 4.51. The van der Waals surface area contributed by atoms with E-state index < -0.39 is 5.97 Å². The Morgan fingerprint density at radius 2 is 1.24 bits per heavy atom. The number of carboxylic acids is 1. The highest BCUT2D eigenvalue weighted by atomic mass is 32.1. The summed E-state index contributed by atoms with van der Waals surface area (Å²) >= 11 is 3.71. The first kappa shape index (κ1) is 38.4. The summed E-state index contributed by atoms with van der Waals surface area (Å²) < 4.78 is 0. The number of nitriles is 1. The molecular formula is C47H47N3O2S2. The van der Waals surface area contributed by atoms with Gasteiger partial charge in [0.25, 0.3) is 0 Å². The monoisotopic (exact) mass is 749 g/mol. The van der Waals surface area contributed by atoms with Crippen LogP contribution < -0.4 is 4.90 Å². The van der Waals surface area contributed by atoms with Gasteiger partial charge in [-0.05, 0) is 109 Å². The Morgan fingerprint density at radius 3 is 1.74 bits per heavy atom. The van der Waals surface area contributed by atoms with Crippen molar-refractivity contribution in [1.29, 1.82) is 5.26 Å². The first-order valence-electron chi connectivity index (χ1n) is 19.1. The quantitative estimate of drug-likeness (QED) is 0.0538. The number of carbonyl (C=O) groups is 1. The number of nitrogens with zero attached hydrogens (tertiary/aromatic N) is 3. The second kappa shape index (κ2) is 19.2. The number of benzene rings is 3. The zero-order valence-electron chi connectivity index (χ0n) is 31.1. The van der Waals surface area contributed by atoms with Gasteiger partial charge in [0.2, 0.25) is 0 Å². The number of pyridine rings is 1. The predicted octanol–water partition coefficient (Wildman–Crippen LogP) is 13.9. The van der Waals surface area contributed by atoms with E-state index in [1.54, 1.807) is 23.6 Å². The van der Waals surface area contributed by atoms with E-state index in [1.807, 2.05) is 23.5 Å². The first-order valence-corrected chi connectivity index (χ1v) is 20.7. The fraction of sp³-hybridized carbons (Fsp3) is 0.255. The molecule has 0 saturated heterocycles. The Kier molecular flexibility index (Phi) is 13.6. The van der Waals surface area contributed by atoms with Crippen molar-refractivity contribution < 1.29 is 9.90 Å². The number of thiophene rings is 2. The molecule has 0 amide bonds. The molecule has 0 bridgehead atoms. The van der Waals surface area contributed by atoms with Gasteiger partial charge in [-0.25, -0.2) is 4.79 Å². The summed E-state index contributed by atoms with van der Waals surface area (Å²) in [5, 5.41) is 18.5. The van der Waals surface area contributed by atoms with Crippen LogP contribution in [-0.2, 0) is 17.6 Å². The zero-order valence-corrected chi connectivity index (χ0v) is 32.8. The largest absolute Gasteiger partial charge is 0.477 e. The van der Waals surface area contributed by atoms with Crippen LogP contribution in [0.5, 0.6) is 0 Å². The molecule has 1 N–H and O–H groups in total. The number of carboxylic acid groups (broad SMARTS) is 1. The molecule has 0 unspecified atom stereocenters. The Bertz CT molecular complexity index is 2140. The number of anilines is 3. The number of aliphatic carboxylic acids is 1. The number of hydrogen-bond donors (Lipinski definition) is 1. The molecule has 3 aromatic carbocycles. The molecule has 274 valence electrons. The van der Waals surface area contributed by atoms with Gasteiger partial charge >= 0.3 is 5.97 Å². The number of aryl methyl sites for hydroxylation is 2. The van der Waals surface area contributed by atoms with Gasteiger partial charge in [-0.1, -0.05) is 107 Å². The molecule has 0 aliphatic carbocycles. The number of rotatable bonds is 18. The van der Waals surface area contributed by atoms with Crippen LogP contribution in [0.1, 0.15) is 81.9 Å². The lowest BCUT2D eigenvalue weighted by Crippen LogP contribution is -2.09. The Hall–Kier alpha value is -5.29. The lowest BCUT2D eigenvalue weighted by Gasteiger charge is -2.25. The van der Waals surface area contributed by atoms with E-state index >= 15 is 0 Å². The van der Waals surface area contributed by atoms with E-state index in [9.17, 15) is 15.2 Å². The second-order valence-electron chi connectivity index (χ2n) is 13.6. The van der Waals surface area contributed by atoms with E-state index in [-0.39, 0.29) is 5.57 Å². The summed E-state index contributed by atoms with van der Waals surface area (Å²) in [4.78, 5) is 23.5. The van der Waals surface area contributed by atoms with Crippen LogP contribution in [0.25, 0.3) is 36.8 Å². The molecule has 0 fully saturated rings. The van der Waals surface area contributed by atoms with Crippen molar-refractivity contribution >= 4 is 51.8 Å². The normalized spacial score (nSPS) is 11.4. The minimum Gasteiger partial charge on any atom is -0.477 e. The first-order chi connectivity index (χ1) is 26.5. The maximum absolute atomic E-state index is 11.4. The fourth-order valence-corrected chi connectivity index (χ4v) is 9.29. The molecule has 3 heterocycles. The smallest absolute Gasteiger partial charge is 0.346 e. The molecule has 5 nitrogen and oxygen atoms in total. The fourth-order valence-electron chi connectivity index (χ4n) is 6.69. The van der Waals surface area contributed by atoms with Gasteiger partial charge in [0.05, 0.1) is 10.6 Å². The van der Waals surface area contributed by atoms with Crippen LogP contribution in [0.2, 0.25) is 0 Å². The molecule has 54 heavy (non-hydrogen) atoms. The van der Waals surface area contributed by atoms with Crippen LogP contribution in [0.15, 0.2) is 121 Å². The predicted molar refractivity (Wildman–Crippen MR) is 228 cm³/mol. The SMILES string of the molecule is CCCCCCc1cc(-c2ccc(N(c3ccccc3)c3ccccc3)cc2)sc1-c1sc(-c2ccc(C=C(C#N)C(=O)O)cn2)cc1CCCCCC. The van der Waals surface area contributed by atoms with Crippen LogP contribution in [0.3, 0.4) is 0 Å². The van der Waals surface area contributed by atoms with Gasteiger partial charge < -0.3 is 10.0 Å². The molecule has 6 aromatic rings. The Morgan fingerprint density at radius 1 is 0.704 bits per heavy atom. The topological polar surface area (TPSA) is 77.2 Å². The highest BCUT2D eigenvalue weighted by Gasteiger charge is 2.20. The number of para-hydroxylation sites is 2. The third-order valence-corrected chi connectivity index (χ3v) is 12.2. The second-order valence-corrected chi connectivity index (χ2v) is 15.7. The van der Waals surface area contributed by atoms with Crippen molar-refractivity contribution in [2.45, 2.75) is 78.1 Å². The standard InChI is InChI=1S/C47H47N3O2S2/c1-3-5-7-11-17-36-30-43(35-24-26-41(27-25-35)50(39-19-13-9-14-20-39)40-21-15-10-16-22-40)53-45(36)46-37(18-12-8-6-4-2)31-44(54-46)42-28-23-34(33-49-42)29-38(32-48)47(51)52/h9-10,13-16,19-31,33H,3-8,11-12,17-18H2,1-2H3,(H,51,52). The third kappa shape index (κ3) is 9.62. The number of hydrogen-bond acceptors (Lipinski definition) is 6. The van der Waals surface area contributed by atoms with Gasteiger partial charge in [0.1, 0.15) is 11.6 Å². The number of unbranched alkanes of at least 4 members (excludes halogenated alkanes) is 6. The summed E-state index contributed by atoms with van der Waals surface area (Å²) in [5.41, 5.74) is 8.50. The van der Waals surface area contributed by atoms with E-state index in [1.165, 1.54) is 82.3 Å². The zero-order chi connectivity index (χ0) is 37.7. The summed E-state index contributed by atoms with van der Waals surface area (Å²) in [5.74, 6) is -1.24. The average molecular weight is 750 g/mol. The molecule has 3 aromatic heterocycles. The molecule has 0 aliphatic heterocycles. The van der Waals surface area contributed by atoms with Gasteiger partial charge in [-0.2, -0.15) is 5.26 Å². The minimum absolute atomic E-state index is 0.309. The lowest BCUT2D eigenvalue weighted by atomic mass is 10.0. The summed E-state index contributed by atoms with van der Waals surface area (Å²) in [6, 6.07) is 40.3. The van der Waals surface area contributed by atoms with Gasteiger partial charge in [0, 0.05) is 37.9 Å². The van der Waals surface area contributed by atoms with Crippen molar-refractivity contribution in [3.05, 3.63) is 138 Å². The highest BCUT2D eigenvalue weighted by Crippen LogP contribution is 2.46. The molecule has 0 saturated carbocycles. The molecular weight excluding hydrogens is 703 g/mol. The van der Waals surface area contributed by atoms with Crippen molar-refractivity contribution in [2.24, 2.45) is 0 Å². The van der Waals surface area contributed by atoms with E-state index in [0.29, 0.717) is 5.56 Å². The molecule has 0 aliphatic rings. The third-order valence-electron chi connectivity index (χ3n) is 9.56. The van der Waals surface area contributed by atoms with Crippen LogP contribution in [-0.4, -0.2) is 16.1 Å². The molecule has 0 spiro atoms. The average Bonchev–Trinajstić information content (AvgIpc) is 3.83. The van der Waals surface area contributed by atoms with E-state index in [0.717, 1.165) is 46.9 Å². The highest BCUT2D eigenvalue weighted by molar-refractivity contribution is 7.25. The van der Waals surface area contributed by atoms with Crippen LogP contribution in [0.4, 0.5) is 17.1 Å². The molecule has 6 rings (SSSR count). The molecule has 7 heteroatoms. The van der Waals surface area contributed by atoms with Crippen molar-refractivity contribution in [3.8, 4) is 36.8 Å². The molecule has 0 atom stereocenters. The maximum Gasteiger partial charge on any atom is 0.346 e.